The van der Waals surface area contributed by atoms with Crippen molar-refractivity contribution in [1.29, 1.82) is 0 Å². The first-order valence-electron chi connectivity index (χ1n) is 9.14. The summed E-state index contributed by atoms with van der Waals surface area (Å²) in [5, 5.41) is 5.70. The number of anilines is 1. The second-order valence-corrected chi connectivity index (χ2v) is 7.34. The van der Waals surface area contributed by atoms with E-state index >= 15 is 0 Å². The van der Waals surface area contributed by atoms with E-state index < -0.39 is 5.97 Å². The molecule has 0 bridgehead atoms. The van der Waals surface area contributed by atoms with Gasteiger partial charge in [-0.05, 0) is 54.1 Å². The fraction of sp³-hybridized carbons (Fsp3) is 0.0870. The molecule has 2 N–H and O–H groups in total. The highest BCUT2D eigenvalue weighted by molar-refractivity contribution is 9.10. The van der Waals surface area contributed by atoms with Gasteiger partial charge in [0.1, 0.15) is 5.75 Å². The van der Waals surface area contributed by atoms with Crippen LogP contribution in [0.1, 0.15) is 33.2 Å². The summed E-state index contributed by atoms with van der Waals surface area (Å²) in [6.07, 6.45) is 0. The Labute approximate surface area is 182 Å². The topological polar surface area (TPSA) is 84.5 Å². The van der Waals surface area contributed by atoms with E-state index in [4.69, 9.17) is 4.74 Å². The molecule has 152 valence electrons. The van der Waals surface area contributed by atoms with Gasteiger partial charge in [-0.1, -0.05) is 40.2 Å². The maximum Gasteiger partial charge on any atom is 0.308 e. The third-order valence-corrected chi connectivity index (χ3v) is 4.70. The first-order chi connectivity index (χ1) is 14.4. The third kappa shape index (κ3) is 5.78. The van der Waals surface area contributed by atoms with Crippen LogP contribution in [0.25, 0.3) is 0 Å². The van der Waals surface area contributed by atoms with E-state index in [0.717, 1.165) is 10.0 Å². The average molecular weight is 467 g/mol. The van der Waals surface area contributed by atoms with Crippen molar-refractivity contribution < 1.29 is 19.1 Å². The maximum atomic E-state index is 12.7. The van der Waals surface area contributed by atoms with Gasteiger partial charge >= 0.3 is 5.97 Å². The van der Waals surface area contributed by atoms with E-state index in [1.165, 1.54) is 13.0 Å². The van der Waals surface area contributed by atoms with Gasteiger partial charge < -0.3 is 15.4 Å². The van der Waals surface area contributed by atoms with Crippen LogP contribution in [0, 0.1) is 0 Å². The van der Waals surface area contributed by atoms with Crippen LogP contribution in [0.3, 0.4) is 0 Å². The summed E-state index contributed by atoms with van der Waals surface area (Å²) < 4.78 is 5.92. The molecule has 0 spiro atoms. The van der Waals surface area contributed by atoms with Crippen molar-refractivity contribution in [2.24, 2.45) is 0 Å². The zero-order chi connectivity index (χ0) is 21.5. The standard InChI is InChI=1S/C23H19BrN2O4/c1-15(27)30-20-7-4-6-17(13-20)23(29)26-21-8-3-2-5-18(21)14-25-22(28)16-9-11-19(24)12-10-16/h2-13H,14H2,1H3,(H,25,28)(H,26,29). The molecule has 0 aliphatic carbocycles. The second-order valence-electron chi connectivity index (χ2n) is 6.42. The monoisotopic (exact) mass is 466 g/mol. The minimum absolute atomic E-state index is 0.210. The summed E-state index contributed by atoms with van der Waals surface area (Å²) in [5.74, 6) is -0.724. The number of rotatable bonds is 6. The van der Waals surface area contributed by atoms with Gasteiger partial charge in [0, 0.05) is 34.8 Å². The Balaban J connectivity index is 1.69. The van der Waals surface area contributed by atoms with Gasteiger partial charge in [-0.15, -0.1) is 0 Å². The molecule has 0 fully saturated rings. The van der Waals surface area contributed by atoms with Crippen molar-refractivity contribution in [3.05, 3.63) is 94.0 Å². The Hall–Kier alpha value is -3.45. The molecule has 0 unspecified atom stereocenters. The molecule has 0 aliphatic heterocycles. The molecule has 7 heteroatoms. The number of esters is 1. The number of para-hydroxylation sites is 1. The summed E-state index contributed by atoms with van der Waals surface area (Å²) in [6, 6.07) is 20.6. The molecule has 3 rings (SSSR count). The van der Waals surface area contributed by atoms with E-state index in [-0.39, 0.29) is 18.4 Å². The summed E-state index contributed by atoms with van der Waals surface area (Å²) in [5.41, 5.74) is 2.23. The third-order valence-electron chi connectivity index (χ3n) is 4.17. The molecule has 0 aromatic heterocycles. The molecule has 3 aromatic carbocycles. The van der Waals surface area contributed by atoms with Crippen molar-refractivity contribution in [1.82, 2.24) is 5.32 Å². The number of benzene rings is 3. The maximum absolute atomic E-state index is 12.7. The van der Waals surface area contributed by atoms with Crippen LogP contribution in [0.4, 0.5) is 5.69 Å². The first-order valence-corrected chi connectivity index (χ1v) is 9.93. The smallest absolute Gasteiger partial charge is 0.308 e. The minimum atomic E-state index is -0.459. The number of halogens is 1. The van der Waals surface area contributed by atoms with E-state index in [0.29, 0.717) is 22.6 Å². The van der Waals surface area contributed by atoms with Crippen molar-refractivity contribution in [2.45, 2.75) is 13.5 Å². The number of hydrogen-bond donors (Lipinski definition) is 2. The molecular formula is C23H19BrN2O4. The number of nitrogens with one attached hydrogen (secondary N) is 2. The zero-order valence-corrected chi connectivity index (χ0v) is 17.7. The van der Waals surface area contributed by atoms with Crippen LogP contribution in [0.15, 0.2) is 77.3 Å². The van der Waals surface area contributed by atoms with Crippen LogP contribution in [0.5, 0.6) is 5.75 Å². The summed E-state index contributed by atoms with van der Waals surface area (Å²) >= 11 is 3.34. The molecule has 0 heterocycles. The quantitative estimate of drug-likeness (QED) is 0.412. The largest absolute Gasteiger partial charge is 0.427 e. The Morgan fingerprint density at radius 2 is 1.60 bits per heavy atom. The molecule has 0 saturated heterocycles. The highest BCUT2D eigenvalue weighted by Crippen LogP contribution is 2.19. The Bertz CT molecular complexity index is 1080. The van der Waals surface area contributed by atoms with Gasteiger partial charge in [0.25, 0.3) is 11.8 Å². The lowest BCUT2D eigenvalue weighted by atomic mass is 10.1. The fourth-order valence-electron chi connectivity index (χ4n) is 2.74. The van der Waals surface area contributed by atoms with E-state index in [2.05, 4.69) is 26.6 Å². The van der Waals surface area contributed by atoms with Crippen LogP contribution in [-0.2, 0) is 11.3 Å². The summed E-state index contributed by atoms with van der Waals surface area (Å²) in [4.78, 5) is 36.1. The molecule has 0 aliphatic rings. The highest BCUT2D eigenvalue weighted by atomic mass is 79.9. The van der Waals surface area contributed by atoms with E-state index in [1.807, 2.05) is 12.1 Å². The number of hydrogen-bond acceptors (Lipinski definition) is 4. The van der Waals surface area contributed by atoms with Crippen molar-refractivity contribution in [3.8, 4) is 5.75 Å². The lowest BCUT2D eigenvalue weighted by molar-refractivity contribution is -0.131. The Kier molecular flexibility index (Phi) is 6.98. The van der Waals surface area contributed by atoms with Crippen LogP contribution in [-0.4, -0.2) is 17.8 Å². The minimum Gasteiger partial charge on any atom is -0.427 e. The van der Waals surface area contributed by atoms with Crippen LogP contribution in [0.2, 0.25) is 0 Å². The van der Waals surface area contributed by atoms with Gasteiger partial charge in [0.05, 0.1) is 0 Å². The normalized spacial score (nSPS) is 10.2. The number of ether oxygens (including phenoxy) is 1. The first kappa shape index (κ1) is 21.3. The summed E-state index contributed by atoms with van der Waals surface area (Å²) in [7, 11) is 0. The highest BCUT2D eigenvalue weighted by Gasteiger charge is 2.12. The van der Waals surface area contributed by atoms with Gasteiger partial charge in [0.15, 0.2) is 0 Å². The number of amides is 2. The average Bonchev–Trinajstić information content (AvgIpc) is 2.73. The predicted molar refractivity (Wildman–Crippen MR) is 117 cm³/mol. The van der Waals surface area contributed by atoms with Gasteiger partial charge in [0.2, 0.25) is 0 Å². The lowest BCUT2D eigenvalue weighted by Gasteiger charge is -2.12. The van der Waals surface area contributed by atoms with Crippen molar-refractivity contribution in [2.75, 3.05) is 5.32 Å². The molecular weight excluding hydrogens is 448 g/mol. The lowest BCUT2D eigenvalue weighted by Crippen LogP contribution is -2.23. The van der Waals surface area contributed by atoms with E-state index in [9.17, 15) is 14.4 Å². The molecule has 3 aromatic rings. The van der Waals surface area contributed by atoms with Gasteiger partial charge in [-0.25, -0.2) is 0 Å². The Morgan fingerprint density at radius 1 is 0.867 bits per heavy atom. The molecule has 0 saturated carbocycles. The molecule has 2 amide bonds. The fourth-order valence-corrected chi connectivity index (χ4v) is 3.00. The van der Waals surface area contributed by atoms with Gasteiger partial charge in [-0.2, -0.15) is 0 Å². The van der Waals surface area contributed by atoms with Crippen molar-refractivity contribution in [3.63, 3.8) is 0 Å². The van der Waals surface area contributed by atoms with Crippen LogP contribution >= 0.6 is 15.9 Å². The predicted octanol–water partition coefficient (Wildman–Crippen LogP) is 4.56. The molecule has 6 nitrogen and oxygen atoms in total. The van der Waals surface area contributed by atoms with Crippen LogP contribution < -0.4 is 15.4 Å². The zero-order valence-electron chi connectivity index (χ0n) is 16.1. The summed E-state index contributed by atoms with van der Waals surface area (Å²) in [6.45, 7) is 1.55. The van der Waals surface area contributed by atoms with Gasteiger partial charge in [-0.3, -0.25) is 14.4 Å². The van der Waals surface area contributed by atoms with E-state index in [1.54, 1.807) is 54.6 Å². The molecule has 30 heavy (non-hydrogen) atoms. The molecule has 0 radical (unpaired) electrons. The number of carbonyl (C=O) groups excluding carboxylic acids is 3. The number of carbonyl (C=O) groups is 3. The SMILES string of the molecule is CC(=O)Oc1cccc(C(=O)Nc2ccccc2CNC(=O)c2ccc(Br)cc2)c1. The second kappa shape index (κ2) is 9.84. The van der Waals surface area contributed by atoms with Crippen molar-refractivity contribution >= 4 is 39.4 Å². The Morgan fingerprint density at radius 3 is 2.33 bits per heavy atom. The molecule has 0 atom stereocenters.